The number of carbonyl (C=O) groups excluding carboxylic acids is 1. The maximum Gasteiger partial charge on any atom is 0.329 e. The number of hydrogen-bond donors (Lipinski definition) is 0. The summed E-state index contributed by atoms with van der Waals surface area (Å²) in [6.45, 7) is 1.89. The molecular weight excluding hydrogens is 343 g/mol. The van der Waals surface area contributed by atoms with E-state index in [9.17, 15) is 17.6 Å². The van der Waals surface area contributed by atoms with Crippen molar-refractivity contribution >= 4 is 27.2 Å². The number of aryl methyl sites for hydroxylation is 1. The fraction of sp³-hybridized carbons (Fsp3) is 0.278. The molecule has 0 N–H and O–H groups in total. The van der Waals surface area contributed by atoms with Gasteiger partial charge in [0.2, 0.25) is 0 Å². The van der Waals surface area contributed by atoms with Crippen molar-refractivity contribution in [1.82, 2.24) is 0 Å². The first-order valence-electron chi connectivity index (χ1n) is 8.01. The first kappa shape index (κ1) is 16.1. The van der Waals surface area contributed by atoms with E-state index < -0.39 is 27.7 Å². The maximum atomic E-state index is 13.2. The molecule has 5 nitrogen and oxygen atoms in total. The second-order valence-electron chi connectivity index (χ2n) is 6.50. The quantitative estimate of drug-likeness (QED) is 0.774. The molecule has 2 saturated heterocycles. The second-order valence-corrected chi connectivity index (χ2v) is 8.65. The van der Waals surface area contributed by atoms with Gasteiger partial charge in [-0.15, -0.1) is 0 Å². The summed E-state index contributed by atoms with van der Waals surface area (Å²) in [5.41, 5.74) is 2.12. The number of nitrogens with zero attached hydrogens (tertiary/aromatic N) is 2. The first-order valence-corrected chi connectivity index (χ1v) is 9.83. The monoisotopic (exact) mass is 360 g/mol. The Morgan fingerprint density at radius 2 is 1.56 bits per heavy atom. The van der Waals surface area contributed by atoms with Crippen LogP contribution in [-0.2, 0) is 9.84 Å². The van der Waals surface area contributed by atoms with Crippen molar-refractivity contribution < 1.29 is 17.6 Å². The Hall–Kier alpha value is -2.41. The summed E-state index contributed by atoms with van der Waals surface area (Å²) < 4.78 is 37.7. The van der Waals surface area contributed by atoms with E-state index in [1.807, 2.05) is 31.2 Å². The number of halogens is 1. The van der Waals surface area contributed by atoms with Gasteiger partial charge in [-0.05, 0) is 42.8 Å². The lowest BCUT2D eigenvalue weighted by Gasteiger charge is -2.24. The topological polar surface area (TPSA) is 57.7 Å². The molecule has 4 rings (SSSR count). The molecule has 2 heterocycles. The Balaban J connectivity index is 1.83. The van der Waals surface area contributed by atoms with E-state index in [1.165, 1.54) is 29.2 Å². The number of hydrogen-bond acceptors (Lipinski definition) is 3. The first-order chi connectivity index (χ1) is 11.9. The van der Waals surface area contributed by atoms with Crippen LogP contribution in [0.15, 0.2) is 48.5 Å². The average molecular weight is 360 g/mol. The highest BCUT2D eigenvalue weighted by Crippen LogP contribution is 2.38. The molecule has 25 heavy (non-hydrogen) atoms. The van der Waals surface area contributed by atoms with E-state index in [2.05, 4.69) is 0 Å². The minimum absolute atomic E-state index is 0.0601. The summed E-state index contributed by atoms with van der Waals surface area (Å²) in [5.74, 6) is -0.541. The fourth-order valence-electron chi connectivity index (χ4n) is 3.72. The van der Waals surface area contributed by atoms with E-state index in [0.29, 0.717) is 11.4 Å². The lowest BCUT2D eigenvalue weighted by atomic mass is 10.1. The second kappa shape index (κ2) is 5.56. The smallest absolute Gasteiger partial charge is 0.288 e. The molecule has 0 radical (unpaired) electrons. The van der Waals surface area contributed by atoms with Crippen LogP contribution in [0.4, 0.5) is 20.6 Å². The number of anilines is 2. The number of urea groups is 1. The number of fused-ring (bicyclic) bond motifs is 1. The normalized spacial score (nSPS) is 24.6. The minimum atomic E-state index is -3.24. The summed E-state index contributed by atoms with van der Waals surface area (Å²) in [7, 11) is -3.24. The Morgan fingerprint density at radius 1 is 0.960 bits per heavy atom. The number of amides is 2. The number of sulfone groups is 1. The van der Waals surface area contributed by atoms with E-state index in [4.69, 9.17) is 0 Å². The number of para-hydroxylation sites is 1. The van der Waals surface area contributed by atoms with Crippen molar-refractivity contribution in [1.29, 1.82) is 0 Å². The van der Waals surface area contributed by atoms with Crippen LogP contribution >= 0.6 is 0 Å². The third-order valence-electron chi connectivity index (χ3n) is 4.85. The van der Waals surface area contributed by atoms with Gasteiger partial charge in [-0.1, -0.05) is 18.2 Å². The van der Waals surface area contributed by atoms with E-state index in [-0.39, 0.29) is 17.5 Å². The molecule has 2 aromatic rings. The molecule has 2 fully saturated rings. The molecule has 0 bridgehead atoms. The maximum absolute atomic E-state index is 13.2. The Morgan fingerprint density at radius 3 is 2.20 bits per heavy atom. The SMILES string of the molecule is Cc1ccccc1N1C(=O)N(c2ccc(F)cc2)[C@H]2CS(=O)(=O)C[C@H]21. The van der Waals surface area contributed by atoms with Crippen molar-refractivity contribution in [3.63, 3.8) is 0 Å². The summed E-state index contributed by atoms with van der Waals surface area (Å²) in [4.78, 5) is 16.2. The molecule has 0 spiro atoms. The Bertz CT molecular complexity index is 943. The lowest BCUT2D eigenvalue weighted by molar-refractivity contribution is 0.255. The van der Waals surface area contributed by atoms with Gasteiger partial charge in [-0.3, -0.25) is 9.80 Å². The fourth-order valence-corrected chi connectivity index (χ4v) is 5.64. The van der Waals surface area contributed by atoms with Gasteiger partial charge in [0, 0.05) is 11.4 Å². The zero-order valence-corrected chi connectivity index (χ0v) is 14.4. The summed E-state index contributed by atoms with van der Waals surface area (Å²) in [6.07, 6.45) is 0. The molecule has 2 aliphatic heterocycles. The number of rotatable bonds is 2. The van der Waals surface area contributed by atoms with Gasteiger partial charge in [0.15, 0.2) is 9.84 Å². The van der Waals surface area contributed by atoms with Gasteiger partial charge in [-0.25, -0.2) is 17.6 Å². The Kier molecular flexibility index (Phi) is 3.57. The molecule has 2 atom stereocenters. The molecule has 0 aromatic heterocycles. The molecule has 2 aliphatic rings. The van der Waals surface area contributed by atoms with E-state index in [1.54, 1.807) is 4.90 Å². The molecule has 0 saturated carbocycles. The predicted molar refractivity (Wildman–Crippen MR) is 94.2 cm³/mol. The standard InChI is InChI=1S/C18H17FN2O3S/c1-12-4-2-3-5-15(12)21-17-11-25(23,24)10-16(17)20(18(21)22)14-8-6-13(19)7-9-14/h2-9,16-17H,10-11H2,1H3/t16-,17+/m0/s1. The van der Waals surface area contributed by atoms with Crippen molar-refractivity contribution in [3.8, 4) is 0 Å². The number of carbonyl (C=O) groups is 1. The van der Waals surface area contributed by atoms with Gasteiger partial charge < -0.3 is 0 Å². The van der Waals surface area contributed by atoms with Crippen LogP contribution in [0.5, 0.6) is 0 Å². The van der Waals surface area contributed by atoms with E-state index in [0.717, 1.165) is 5.56 Å². The van der Waals surface area contributed by atoms with Gasteiger partial charge in [-0.2, -0.15) is 0 Å². The van der Waals surface area contributed by atoms with Gasteiger partial charge in [0.25, 0.3) is 0 Å². The predicted octanol–water partition coefficient (Wildman–Crippen LogP) is 2.75. The molecule has 2 aromatic carbocycles. The Labute approximate surface area is 145 Å². The summed E-state index contributed by atoms with van der Waals surface area (Å²) >= 11 is 0. The molecule has 7 heteroatoms. The lowest BCUT2D eigenvalue weighted by Crippen LogP contribution is -2.38. The molecule has 0 unspecified atom stereocenters. The van der Waals surface area contributed by atoms with Gasteiger partial charge in [0.1, 0.15) is 5.82 Å². The van der Waals surface area contributed by atoms with Crippen molar-refractivity contribution in [3.05, 3.63) is 59.9 Å². The molecule has 2 amide bonds. The molecular formula is C18H17FN2O3S. The van der Waals surface area contributed by atoms with Crippen LogP contribution in [0, 0.1) is 12.7 Å². The molecule has 0 aliphatic carbocycles. The van der Waals surface area contributed by atoms with Crippen LogP contribution in [0.2, 0.25) is 0 Å². The van der Waals surface area contributed by atoms with Crippen LogP contribution in [0.25, 0.3) is 0 Å². The highest BCUT2D eigenvalue weighted by Gasteiger charge is 2.54. The van der Waals surface area contributed by atoms with Crippen LogP contribution in [0.1, 0.15) is 5.56 Å². The van der Waals surface area contributed by atoms with Crippen molar-refractivity contribution in [2.24, 2.45) is 0 Å². The largest absolute Gasteiger partial charge is 0.329 e. The zero-order chi connectivity index (χ0) is 17.8. The van der Waals surface area contributed by atoms with Gasteiger partial charge in [0.05, 0.1) is 23.6 Å². The van der Waals surface area contributed by atoms with Crippen LogP contribution in [0.3, 0.4) is 0 Å². The highest BCUT2D eigenvalue weighted by molar-refractivity contribution is 7.91. The van der Waals surface area contributed by atoms with Crippen molar-refractivity contribution in [2.75, 3.05) is 21.3 Å². The average Bonchev–Trinajstić information content (AvgIpc) is 2.99. The highest BCUT2D eigenvalue weighted by atomic mass is 32.2. The zero-order valence-electron chi connectivity index (χ0n) is 13.6. The third kappa shape index (κ3) is 2.59. The van der Waals surface area contributed by atoms with Gasteiger partial charge >= 0.3 is 6.03 Å². The van der Waals surface area contributed by atoms with Crippen molar-refractivity contribution in [2.45, 2.75) is 19.0 Å². The molecule has 130 valence electrons. The summed E-state index contributed by atoms with van der Waals surface area (Å²) in [5, 5.41) is 0. The van der Waals surface area contributed by atoms with Crippen LogP contribution < -0.4 is 9.80 Å². The van der Waals surface area contributed by atoms with Crippen LogP contribution in [-0.4, -0.2) is 38.0 Å². The van der Waals surface area contributed by atoms with E-state index >= 15 is 0 Å². The number of benzene rings is 2. The summed E-state index contributed by atoms with van der Waals surface area (Å²) in [6, 6.07) is 11.8. The minimum Gasteiger partial charge on any atom is -0.288 e. The third-order valence-corrected chi connectivity index (χ3v) is 6.55.